The Morgan fingerprint density at radius 1 is 1.69 bits per heavy atom. The zero-order valence-electron chi connectivity index (χ0n) is 9.56. The minimum Gasteiger partial charge on any atom is -0.339 e. The van der Waals surface area contributed by atoms with Crippen molar-refractivity contribution in [2.45, 2.75) is 25.8 Å². The van der Waals surface area contributed by atoms with E-state index in [0.29, 0.717) is 24.9 Å². The Morgan fingerprint density at radius 2 is 2.50 bits per heavy atom. The fraction of sp³-hybridized carbons (Fsp3) is 0.583. The molecule has 4 heteroatoms. The molecule has 0 bridgehead atoms. The van der Waals surface area contributed by atoms with Crippen molar-refractivity contribution in [3.8, 4) is 0 Å². The highest BCUT2D eigenvalue weighted by Gasteiger charge is 2.31. The Labute approximate surface area is 100 Å². The fourth-order valence-corrected chi connectivity index (χ4v) is 3.02. The van der Waals surface area contributed by atoms with Crippen molar-refractivity contribution < 1.29 is 4.79 Å². The molecule has 1 aromatic heterocycles. The Bertz CT molecular complexity index is 350. The third kappa shape index (κ3) is 2.44. The van der Waals surface area contributed by atoms with Gasteiger partial charge in [0.05, 0.1) is 6.42 Å². The van der Waals surface area contributed by atoms with E-state index in [0.717, 1.165) is 17.8 Å². The highest BCUT2D eigenvalue weighted by atomic mass is 32.1. The lowest BCUT2D eigenvalue weighted by Crippen LogP contribution is -2.35. The standard InChI is InChI=1S/C12H18N2OS/c1-9-5-10(7-13)8-14(9)12(15)6-11-3-2-4-16-11/h2-4,9-10H,5-8,13H2,1H3. The number of nitrogens with zero attached hydrogens (tertiary/aromatic N) is 1. The summed E-state index contributed by atoms with van der Waals surface area (Å²) in [6.45, 7) is 3.64. The molecule has 1 aromatic rings. The second-order valence-corrected chi connectivity index (χ2v) is 5.52. The van der Waals surface area contributed by atoms with Gasteiger partial charge in [-0.2, -0.15) is 0 Å². The van der Waals surface area contributed by atoms with E-state index in [1.54, 1.807) is 11.3 Å². The zero-order chi connectivity index (χ0) is 11.5. The number of thiophene rings is 1. The Balaban J connectivity index is 1.95. The molecule has 1 amide bonds. The number of hydrogen-bond acceptors (Lipinski definition) is 3. The molecule has 3 nitrogen and oxygen atoms in total. The van der Waals surface area contributed by atoms with E-state index in [2.05, 4.69) is 6.92 Å². The summed E-state index contributed by atoms with van der Waals surface area (Å²) in [7, 11) is 0. The minimum atomic E-state index is 0.242. The van der Waals surface area contributed by atoms with Gasteiger partial charge in [0.25, 0.3) is 0 Å². The molecule has 0 spiro atoms. The molecular weight excluding hydrogens is 220 g/mol. The maximum Gasteiger partial charge on any atom is 0.228 e. The molecule has 2 atom stereocenters. The summed E-state index contributed by atoms with van der Waals surface area (Å²) in [5.74, 6) is 0.730. The molecule has 2 unspecified atom stereocenters. The van der Waals surface area contributed by atoms with Crippen LogP contribution in [0.2, 0.25) is 0 Å². The summed E-state index contributed by atoms with van der Waals surface area (Å²) >= 11 is 1.65. The van der Waals surface area contributed by atoms with Crippen molar-refractivity contribution in [1.82, 2.24) is 4.90 Å². The first-order valence-electron chi connectivity index (χ1n) is 5.72. The summed E-state index contributed by atoms with van der Waals surface area (Å²) in [4.78, 5) is 15.2. The van der Waals surface area contributed by atoms with Gasteiger partial charge in [0.15, 0.2) is 0 Å². The van der Waals surface area contributed by atoms with E-state index in [-0.39, 0.29) is 5.91 Å². The number of rotatable bonds is 3. The van der Waals surface area contributed by atoms with Crippen molar-refractivity contribution in [1.29, 1.82) is 0 Å². The second-order valence-electron chi connectivity index (χ2n) is 4.49. The van der Waals surface area contributed by atoms with Crippen LogP contribution in [0.25, 0.3) is 0 Å². The maximum absolute atomic E-state index is 12.1. The van der Waals surface area contributed by atoms with Crippen LogP contribution in [0, 0.1) is 5.92 Å². The van der Waals surface area contributed by atoms with Gasteiger partial charge >= 0.3 is 0 Å². The largest absolute Gasteiger partial charge is 0.339 e. The van der Waals surface area contributed by atoms with Crippen molar-refractivity contribution in [2.75, 3.05) is 13.1 Å². The molecule has 2 rings (SSSR count). The van der Waals surface area contributed by atoms with Crippen LogP contribution in [0.3, 0.4) is 0 Å². The van der Waals surface area contributed by atoms with E-state index in [1.807, 2.05) is 22.4 Å². The van der Waals surface area contributed by atoms with E-state index in [1.165, 1.54) is 0 Å². The molecule has 88 valence electrons. The van der Waals surface area contributed by atoms with Gasteiger partial charge in [0.2, 0.25) is 5.91 Å². The lowest BCUT2D eigenvalue weighted by molar-refractivity contribution is -0.131. The van der Waals surface area contributed by atoms with Crippen LogP contribution in [0.15, 0.2) is 17.5 Å². The maximum atomic E-state index is 12.1. The monoisotopic (exact) mass is 238 g/mol. The summed E-state index contributed by atoms with van der Waals surface area (Å²) in [6, 6.07) is 4.36. The van der Waals surface area contributed by atoms with E-state index in [4.69, 9.17) is 5.73 Å². The first-order valence-corrected chi connectivity index (χ1v) is 6.60. The van der Waals surface area contributed by atoms with Gasteiger partial charge < -0.3 is 10.6 Å². The SMILES string of the molecule is CC1CC(CN)CN1C(=O)Cc1cccs1. The van der Waals surface area contributed by atoms with E-state index < -0.39 is 0 Å². The van der Waals surface area contributed by atoms with Crippen LogP contribution >= 0.6 is 11.3 Å². The molecule has 0 aliphatic carbocycles. The number of hydrogen-bond donors (Lipinski definition) is 1. The molecule has 1 saturated heterocycles. The van der Waals surface area contributed by atoms with Crippen LogP contribution in [0.4, 0.5) is 0 Å². The van der Waals surface area contributed by atoms with Gasteiger partial charge in [-0.15, -0.1) is 11.3 Å². The summed E-state index contributed by atoms with van der Waals surface area (Å²) < 4.78 is 0. The van der Waals surface area contributed by atoms with Crippen molar-refractivity contribution >= 4 is 17.2 Å². The predicted octanol–water partition coefficient (Wildman–Crippen LogP) is 1.49. The summed E-state index contributed by atoms with van der Waals surface area (Å²) in [6.07, 6.45) is 1.59. The smallest absolute Gasteiger partial charge is 0.228 e. The Hall–Kier alpha value is -0.870. The van der Waals surface area contributed by atoms with Gasteiger partial charge in [-0.3, -0.25) is 4.79 Å². The molecule has 2 heterocycles. The number of amides is 1. The van der Waals surface area contributed by atoms with Gasteiger partial charge in [-0.25, -0.2) is 0 Å². The molecule has 0 radical (unpaired) electrons. The van der Waals surface area contributed by atoms with E-state index >= 15 is 0 Å². The molecule has 0 saturated carbocycles. The predicted molar refractivity (Wildman–Crippen MR) is 66.4 cm³/mol. The lowest BCUT2D eigenvalue weighted by Gasteiger charge is -2.21. The van der Waals surface area contributed by atoms with Crippen LogP contribution in [0.1, 0.15) is 18.2 Å². The van der Waals surface area contributed by atoms with Crippen LogP contribution < -0.4 is 5.73 Å². The Kier molecular flexibility index (Phi) is 3.61. The molecule has 0 aromatic carbocycles. The second kappa shape index (κ2) is 4.97. The van der Waals surface area contributed by atoms with Gasteiger partial charge in [-0.05, 0) is 37.3 Å². The van der Waals surface area contributed by atoms with Crippen molar-refractivity contribution in [3.63, 3.8) is 0 Å². The van der Waals surface area contributed by atoms with Gasteiger partial charge in [0, 0.05) is 17.5 Å². The first kappa shape index (κ1) is 11.6. The quantitative estimate of drug-likeness (QED) is 0.867. The number of carbonyl (C=O) groups excluding carboxylic acids is 1. The zero-order valence-corrected chi connectivity index (χ0v) is 10.4. The van der Waals surface area contributed by atoms with Crippen LogP contribution in [0.5, 0.6) is 0 Å². The first-order chi connectivity index (χ1) is 7.70. The number of nitrogens with two attached hydrogens (primary N) is 1. The molecule has 1 aliphatic heterocycles. The number of likely N-dealkylation sites (tertiary alicyclic amines) is 1. The van der Waals surface area contributed by atoms with Crippen LogP contribution in [-0.2, 0) is 11.2 Å². The lowest BCUT2D eigenvalue weighted by atomic mass is 10.1. The summed E-state index contributed by atoms with van der Waals surface area (Å²) in [5.41, 5.74) is 5.66. The highest BCUT2D eigenvalue weighted by Crippen LogP contribution is 2.23. The average Bonchev–Trinajstić information content (AvgIpc) is 2.87. The molecular formula is C12H18N2OS. The topological polar surface area (TPSA) is 46.3 Å². The van der Waals surface area contributed by atoms with Crippen LogP contribution in [-0.4, -0.2) is 29.9 Å². The molecule has 2 N–H and O–H groups in total. The fourth-order valence-electron chi connectivity index (χ4n) is 2.32. The van der Waals surface area contributed by atoms with Crippen molar-refractivity contribution in [2.24, 2.45) is 11.7 Å². The molecule has 16 heavy (non-hydrogen) atoms. The average molecular weight is 238 g/mol. The highest BCUT2D eigenvalue weighted by molar-refractivity contribution is 7.10. The third-order valence-electron chi connectivity index (χ3n) is 3.22. The normalized spacial score (nSPS) is 25.0. The van der Waals surface area contributed by atoms with E-state index in [9.17, 15) is 4.79 Å². The molecule has 1 fully saturated rings. The van der Waals surface area contributed by atoms with Gasteiger partial charge in [-0.1, -0.05) is 6.07 Å². The molecule has 1 aliphatic rings. The van der Waals surface area contributed by atoms with Gasteiger partial charge in [0.1, 0.15) is 0 Å². The Morgan fingerprint density at radius 3 is 3.06 bits per heavy atom. The summed E-state index contributed by atoms with van der Waals surface area (Å²) in [5, 5.41) is 2.01. The number of carbonyl (C=O) groups is 1. The van der Waals surface area contributed by atoms with Crippen molar-refractivity contribution in [3.05, 3.63) is 22.4 Å². The third-order valence-corrected chi connectivity index (χ3v) is 4.10. The minimum absolute atomic E-state index is 0.242.